The van der Waals surface area contributed by atoms with Gasteiger partial charge in [0.2, 0.25) is 5.91 Å². The van der Waals surface area contributed by atoms with E-state index in [0.717, 1.165) is 29.2 Å². The highest BCUT2D eigenvalue weighted by Gasteiger charge is 2.36. The molecule has 0 saturated heterocycles. The molecule has 3 amide bonds. The van der Waals surface area contributed by atoms with Crippen LogP contribution in [0, 0.1) is 0 Å². The summed E-state index contributed by atoms with van der Waals surface area (Å²) in [5.41, 5.74) is 1.35. The number of benzene rings is 3. The lowest BCUT2D eigenvalue weighted by Gasteiger charge is -2.34. The SMILES string of the molecule is C=Cc1cccc(C(C(=O)Nc2ccc3ccccc3c2)N(CCCCC)C(=O)C(CS)NC(=O)OC(C)(C)C)c1. The Morgan fingerprint density at radius 3 is 2.39 bits per heavy atom. The van der Waals surface area contributed by atoms with Crippen molar-refractivity contribution in [2.45, 2.75) is 64.6 Å². The first kappa shape index (κ1) is 31.7. The fraction of sp³-hybridized carbons (Fsp3) is 0.364. The third kappa shape index (κ3) is 9.11. The summed E-state index contributed by atoms with van der Waals surface area (Å²) in [6.45, 7) is 11.5. The molecule has 0 spiro atoms. The fourth-order valence-electron chi connectivity index (χ4n) is 4.54. The number of thiol groups is 1. The predicted octanol–water partition coefficient (Wildman–Crippen LogP) is 7.00. The molecule has 0 aliphatic heterocycles. The summed E-state index contributed by atoms with van der Waals surface area (Å²) in [4.78, 5) is 42.3. The van der Waals surface area contributed by atoms with Crippen LogP contribution in [0.15, 0.2) is 73.3 Å². The number of anilines is 1. The topological polar surface area (TPSA) is 87.7 Å². The number of alkyl carbamates (subject to hydrolysis) is 1. The molecule has 3 rings (SSSR count). The molecule has 0 fully saturated rings. The van der Waals surface area contributed by atoms with Crippen LogP contribution in [0.5, 0.6) is 0 Å². The quantitative estimate of drug-likeness (QED) is 0.160. The van der Waals surface area contributed by atoms with Crippen LogP contribution in [0.4, 0.5) is 10.5 Å². The van der Waals surface area contributed by atoms with Crippen molar-refractivity contribution in [3.63, 3.8) is 0 Å². The van der Waals surface area contributed by atoms with E-state index < -0.39 is 29.7 Å². The van der Waals surface area contributed by atoms with Gasteiger partial charge >= 0.3 is 6.09 Å². The summed E-state index contributed by atoms with van der Waals surface area (Å²) in [5.74, 6) is -0.736. The normalized spacial score (nSPS) is 12.7. The summed E-state index contributed by atoms with van der Waals surface area (Å²) in [5, 5.41) is 7.74. The number of fused-ring (bicyclic) bond motifs is 1. The Morgan fingerprint density at radius 1 is 1.00 bits per heavy atom. The zero-order chi connectivity index (χ0) is 30.0. The monoisotopic (exact) mass is 575 g/mol. The van der Waals surface area contributed by atoms with Gasteiger partial charge < -0.3 is 20.3 Å². The van der Waals surface area contributed by atoms with Crippen LogP contribution in [0.25, 0.3) is 16.8 Å². The van der Waals surface area contributed by atoms with E-state index in [1.807, 2.05) is 66.7 Å². The van der Waals surface area contributed by atoms with Crippen molar-refractivity contribution < 1.29 is 19.1 Å². The highest BCUT2D eigenvalue weighted by molar-refractivity contribution is 7.80. The molecule has 3 aromatic rings. The fourth-order valence-corrected chi connectivity index (χ4v) is 4.79. The number of nitrogens with zero attached hydrogens (tertiary/aromatic N) is 1. The first-order valence-electron chi connectivity index (χ1n) is 14.0. The lowest BCUT2D eigenvalue weighted by Crippen LogP contribution is -2.53. The van der Waals surface area contributed by atoms with Gasteiger partial charge in [-0.1, -0.05) is 81.0 Å². The van der Waals surface area contributed by atoms with Gasteiger partial charge in [-0.3, -0.25) is 9.59 Å². The number of ether oxygens (including phenoxy) is 1. The van der Waals surface area contributed by atoms with Gasteiger partial charge in [0.25, 0.3) is 5.91 Å². The van der Waals surface area contributed by atoms with Crippen molar-refractivity contribution in [2.75, 3.05) is 17.6 Å². The third-order valence-electron chi connectivity index (χ3n) is 6.50. The summed E-state index contributed by atoms with van der Waals surface area (Å²) in [6.07, 6.45) is 3.49. The molecule has 0 bridgehead atoms. The predicted molar refractivity (Wildman–Crippen MR) is 170 cm³/mol. The summed E-state index contributed by atoms with van der Waals surface area (Å²) < 4.78 is 5.39. The summed E-state index contributed by atoms with van der Waals surface area (Å²) >= 11 is 4.37. The molecule has 7 nitrogen and oxygen atoms in total. The Balaban J connectivity index is 2.02. The van der Waals surface area contributed by atoms with Gasteiger partial charge in [0.15, 0.2) is 0 Å². The number of carbonyl (C=O) groups is 3. The second-order valence-electron chi connectivity index (χ2n) is 10.9. The second kappa shape index (κ2) is 14.7. The molecular formula is C33H41N3O4S. The Hall–Kier alpha value is -3.78. The standard InChI is InChI=1S/C33H41N3O4S/c1-6-8-11-19-36(31(38)28(22-41)35-32(39)40-33(3,4)5)29(26-16-12-13-23(7-2)20-26)30(37)34-27-18-17-24-14-9-10-15-25(24)21-27/h7,9-10,12-18,20-21,28-29,41H,2,6,8,11,19,22H2,1,3-5H3,(H,34,37)(H,35,39). The molecule has 41 heavy (non-hydrogen) atoms. The van der Waals surface area contributed by atoms with Crippen molar-refractivity contribution in [1.82, 2.24) is 10.2 Å². The lowest BCUT2D eigenvalue weighted by molar-refractivity contribution is -0.140. The number of carbonyl (C=O) groups excluding carboxylic acids is 3. The van der Waals surface area contributed by atoms with Crippen molar-refractivity contribution in [2.24, 2.45) is 0 Å². The number of hydrogen-bond acceptors (Lipinski definition) is 5. The molecule has 8 heteroatoms. The highest BCUT2D eigenvalue weighted by atomic mass is 32.1. The molecule has 2 N–H and O–H groups in total. The summed E-state index contributed by atoms with van der Waals surface area (Å²) in [7, 11) is 0. The zero-order valence-electron chi connectivity index (χ0n) is 24.4. The Bertz CT molecular complexity index is 1370. The smallest absolute Gasteiger partial charge is 0.408 e. The number of rotatable bonds is 12. The van der Waals surface area contributed by atoms with Crippen molar-refractivity contribution >= 4 is 53.1 Å². The minimum atomic E-state index is -0.992. The van der Waals surface area contributed by atoms with Crippen LogP contribution >= 0.6 is 12.6 Å². The van der Waals surface area contributed by atoms with Gasteiger partial charge in [-0.2, -0.15) is 12.6 Å². The maximum absolute atomic E-state index is 14.1. The second-order valence-corrected chi connectivity index (χ2v) is 11.3. The van der Waals surface area contributed by atoms with E-state index in [1.165, 1.54) is 0 Å². The van der Waals surface area contributed by atoms with Crippen LogP contribution in [-0.2, 0) is 14.3 Å². The molecule has 3 aromatic carbocycles. The van der Waals surface area contributed by atoms with Gasteiger partial charge in [-0.25, -0.2) is 4.79 Å². The minimum Gasteiger partial charge on any atom is -0.444 e. The van der Waals surface area contributed by atoms with E-state index in [2.05, 4.69) is 36.8 Å². The number of hydrogen-bond donors (Lipinski definition) is 3. The van der Waals surface area contributed by atoms with Gasteiger partial charge in [0, 0.05) is 18.0 Å². The third-order valence-corrected chi connectivity index (χ3v) is 6.86. The van der Waals surface area contributed by atoms with Crippen LogP contribution in [0.2, 0.25) is 0 Å². The molecule has 218 valence electrons. The number of nitrogens with one attached hydrogen (secondary N) is 2. The van der Waals surface area contributed by atoms with Crippen molar-refractivity contribution in [1.29, 1.82) is 0 Å². The van der Waals surface area contributed by atoms with Crippen LogP contribution in [0.1, 0.15) is 64.1 Å². The average molecular weight is 576 g/mol. The molecule has 0 aliphatic rings. The van der Waals surface area contributed by atoms with Crippen molar-refractivity contribution in [3.05, 3.63) is 84.4 Å². The first-order valence-corrected chi connectivity index (χ1v) is 14.6. The van der Waals surface area contributed by atoms with Gasteiger partial charge in [0.1, 0.15) is 17.7 Å². The average Bonchev–Trinajstić information content (AvgIpc) is 2.94. The molecule has 2 atom stereocenters. The van der Waals surface area contributed by atoms with Crippen LogP contribution < -0.4 is 10.6 Å². The Morgan fingerprint density at radius 2 is 1.73 bits per heavy atom. The lowest BCUT2D eigenvalue weighted by atomic mass is 9.99. The largest absolute Gasteiger partial charge is 0.444 e. The van der Waals surface area contributed by atoms with E-state index in [1.54, 1.807) is 31.7 Å². The maximum atomic E-state index is 14.1. The molecule has 0 aromatic heterocycles. The molecule has 0 saturated carbocycles. The maximum Gasteiger partial charge on any atom is 0.408 e. The Labute approximate surface area is 248 Å². The van der Waals surface area contributed by atoms with Crippen molar-refractivity contribution in [3.8, 4) is 0 Å². The van der Waals surface area contributed by atoms with Gasteiger partial charge in [-0.05, 0) is 67.3 Å². The van der Waals surface area contributed by atoms with E-state index in [4.69, 9.17) is 4.74 Å². The van der Waals surface area contributed by atoms with Gasteiger partial charge in [0.05, 0.1) is 0 Å². The van der Waals surface area contributed by atoms with E-state index in [0.29, 0.717) is 24.2 Å². The molecule has 0 aliphatic carbocycles. The molecule has 2 unspecified atom stereocenters. The molecule has 0 heterocycles. The minimum absolute atomic E-state index is 0.0358. The number of amides is 3. The van der Waals surface area contributed by atoms with Crippen LogP contribution in [-0.4, -0.2) is 46.7 Å². The highest BCUT2D eigenvalue weighted by Crippen LogP contribution is 2.27. The zero-order valence-corrected chi connectivity index (χ0v) is 25.2. The van der Waals surface area contributed by atoms with E-state index >= 15 is 0 Å². The molecule has 0 radical (unpaired) electrons. The van der Waals surface area contributed by atoms with E-state index in [-0.39, 0.29) is 11.7 Å². The van der Waals surface area contributed by atoms with E-state index in [9.17, 15) is 14.4 Å². The molecular weight excluding hydrogens is 534 g/mol. The Kier molecular flexibility index (Phi) is 11.4. The number of unbranched alkanes of at least 4 members (excludes halogenated alkanes) is 2. The van der Waals surface area contributed by atoms with Gasteiger partial charge in [-0.15, -0.1) is 0 Å². The first-order chi connectivity index (χ1) is 19.6. The van der Waals surface area contributed by atoms with Crippen LogP contribution in [0.3, 0.4) is 0 Å². The summed E-state index contributed by atoms with van der Waals surface area (Å²) in [6, 6.07) is 19.1.